The van der Waals surface area contributed by atoms with Crippen molar-refractivity contribution in [3.8, 4) is 0 Å². The second-order valence-corrected chi connectivity index (χ2v) is 10.3. The van der Waals surface area contributed by atoms with Crippen LogP contribution in [0.25, 0.3) is 0 Å². The zero-order chi connectivity index (χ0) is 20.5. The van der Waals surface area contributed by atoms with Gasteiger partial charge in [-0.3, -0.25) is 9.69 Å². The molecule has 2 aliphatic rings. The number of likely N-dealkylation sites (tertiary alicyclic amines) is 1. The number of benzene rings is 1. The van der Waals surface area contributed by atoms with Gasteiger partial charge in [0.1, 0.15) is 0 Å². The topological polar surface area (TPSA) is 60.9 Å². The minimum atomic E-state index is -3.49. The van der Waals surface area contributed by atoms with Crippen molar-refractivity contribution in [3.63, 3.8) is 0 Å². The van der Waals surface area contributed by atoms with E-state index in [4.69, 9.17) is 0 Å². The number of amides is 1. The molecule has 1 amide bonds. The summed E-state index contributed by atoms with van der Waals surface area (Å²) in [5, 5.41) is 0. The minimum absolute atomic E-state index is 0.172. The molecule has 2 atom stereocenters. The summed E-state index contributed by atoms with van der Waals surface area (Å²) in [5.74, 6) is 0.172. The smallest absolute Gasteiger partial charge is 0.243 e. The lowest BCUT2D eigenvalue weighted by Crippen LogP contribution is -2.54. The SMILES string of the molecule is Cc1ccc(S(=O)(=O)N2CCN(CC(=O)N3[C@H](C)CCC[C@H]3C)CC2)c(C)c1. The van der Waals surface area contributed by atoms with Gasteiger partial charge in [-0.2, -0.15) is 4.31 Å². The maximum Gasteiger partial charge on any atom is 0.243 e. The largest absolute Gasteiger partial charge is 0.336 e. The van der Waals surface area contributed by atoms with Crippen LogP contribution in [-0.2, 0) is 14.8 Å². The number of piperidine rings is 1. The first-order valence-electron chi connectivity index (χ1n) is 10.3. The fourth-order valence-electron chi connectivity index (χ4n) is 4.54. The average Bonchev–Trinajstić information content (AvgIpc) is 2.61. The van der Waals surface area contributed by atoms with Gasteiger partial charge in [0.2, 0.25) is 15.9 Å². The summed E-state index contributed by atoms with van der Waals surface area (Å²) in [6.07, 6.45) is 3.32. The molecule has 2 aliphatic heterocycles. The highest BCUT2D eigenvalue weighted by Crippen LogP contribution is 2.24. The van der Waals surface area contributed by atoms with E-state index in [1.54, 1.807) is 10.4 Å². The normalized spacial score (nSPS) is 25.1. The molecule has 0 aliphatic carbocycles. The lowest BCUT2D eigenvalue weighted by Gasteiger charge is -2.41. The Bertz CT molecular complexity index is 806. The molecule has 0 N–H and O–H groups in total. The number of hydrogen-bond acceptors (Lipinski definition) is 4. The van der Waals surface area contributed by atoms with E-state index in [9.17, 15) is 13.2 Å². The van der Waals surface area contributed by atoms with Crippen LogP contribution in [0.2, 0.25) is 0 Å². The summed E-state index contributed by atoms with van der Waals surface area (Å²) in [7, 11) is -3.49. The highest BCUT2D eigenvalue weighted by molar-refractivity contribution is 7.89. The average molecular weight is 408 g/mol. The van der Waals surface area contributed by atoms with Crippen LogP contribution in [0, 0.1) is 13.8 Å². The summed E-state index contributed by atoms with van der Waals surface area (Å²) in [4.78, 5) is 17.3. The summed E-state index contributed by atoms with van der Waals surface area (Å²) >= 11 is 0. The third-order valence-electron chi connectivity index (χ3n) is 6.12. The molecule has 0 bridgehead atoms. The number of sulfonamides is 1. The molecule has 2 saturated heterocycles. The van der Waals surface area contributed by atoms with Gasteiger partial charge in [0.05, 0.1) is 11.4 Å². The molecule has 0 saturated carbocycles. The highest BCUT2D eigenvalue weighted by Gasteiger charge is 2.33. The summed E-state index contributed by atoms with van der Waals surface area (Å²) in [5.41, 5.74) is 1.84. The maximum atomic E-state index is 13.0. The number of piperazine rings is 1. The fraction of sp³-hybridized carbons (Fsp3) is 0.667. The van der Waals surface area contributed by atoms with E-state index in [-0.39, 0.29) is 5.91 Å². The van der Waals surface area contributed by atoms with E-state index in [1.165, 1.54) is 6.42 Å². The quantitative estimate of drug-likeness (QED) is 0.769. The first-order valence-corrected chi connectivity index (χ1v) is 11.7. The van der Waals surface area contributed by atoms with Crippen molar-refractivity contribution in [3.05, 3.63) is 29.3 Å². The summed E-state index contributed by atoms with van der Waals surface area (Å²) < 4.78 is 27.6. The Morgan fingerprint density at radius 1 is 1.04 bits per heavy atom. The second kappa shape index (κ2) is 8.51. The van der Waals surface area contributed by atoms with Crippen molar-refractivity contribution < 1.29 is 13.2 Å². The molecule has 0 aromatic heterocycles. The lowest BCUT2D eigenvalue weighted by molar-refractivity contribution is -0.138. The number of hydrogen-bond donors (Lipinski definition) is 0. The summed E-state index contributed by atoms with van der Waals surface area (Å²) in [6.45, 7) is 10.5. The van der Waals surface area contributed by atoms with Crippen molar-refractivity contribution in [2.45, 2.75) is 63.9 Å². The predicted molar refractivity (Wildman–Crippen MR) is 111 cm³/mol. The van der Waals surface area contributed by atoms with Crippen LogP contribution in [0.4, 0.5) is 0 Å². The van der Waals surface area contributed by atoms with E-state index in [0.29, 0.717) is 49.7 Å². The maximum absolute atomic E-state index is 13.0. The van der Waals surface area contributed by atoms with E-state index >= 15 is 0 Å². The van der Waals surface area contributed by atoms with Crippen molar-refractivity contribution in [2.24, 2.45) is 0 Å². The van der Waals surface area contributed by atoms with Crippen molar-refractivity contribution in [2.75, 3.05) is 32.7 Å². The fourth-order valence-corrected chi connectivity index (χ4v) is 6.17. The number of rotatable bonds is 4. The van der Waals surface area contributed by atoms with Crippen molar-refractivity contribution in [1.29, 1.82) is 0 Å². The first kappa shape index (κ1) is 21.3. The molecule has 7 heteroatoms. The van der Waals surface area contributed by atoms with Gasteiger partial charge in [0.25, 0.3) is 0 Å². The van der Waals surface area contributed by atoms with Crippen LogP contribution in [0.15, 0.2) is 23.1 Å². The molecule has 1 aromatic rings. The Morgan fingerprint density at radius 2 is 1.64 bits per heavy atom. The zero-order valence-electron chi connectivity index (χ0n) is 17.5. The number of carbonyl (C=O) groups excluding carboxylic acids is 1. The van der Waals surface area contributed by atoms with Crippen LogP contribution in [0.1, 0.15) is 44.2 Å². The van der Waals surface area contributed by atoms with E-state index in [2.05, 4.69) is 18.7 Å². The molecule has 2 heterocycles. The number of aryl methyl sites for hydroxylation is 2. The molecular weight excluding hydrogens is 374 g/mol. The molecule has 3 rings (SSSR count). The first-order chi connectivity index (χ1) is 13.2. The zero-order valence-corrected chi connectivity index (χ0v) is 18.3. The molecule has 6 nitrogen and oxygen atoms in total. The molecule has 0 unspecified atom stereocenters. The Hall–Kier alpha value is -1.44. The number of nitrogens with zero attached hydrogens (tertiary/aromatic N) is 3. The van der Waals surface area contributed by atoms with Gasteiger partial charge in [-0.05, 0) is 58.6 Å². The lowest BCUT2D eigenvalue weighted by atomic mass is 9.97. The van der Waals surface area contributed by atoms with Crippen LogP contribution in [0.5, 0.6) is 0 Å². The highest BCUT2D eigenvalue weighted by atomic mass is 32.2. The minimum Gasteiger partial charge on any atom is -0.336 e. The Balaban J connectivity index is 1.60. The van der Waals surface area contributed by atoms with Gasteiger partial charge in [0.15, 0.2) is 0 Å². The van der Waals surface area contributed by atoms with Crippen LogP contribution < -0.4 is 0 Å². The molecule has 0 spiro atoms. The predicted octanol–water partition coefficient (Wildman–Crippen LogP) is 2.40. The Kier molecular flexibility index (Phi) is 6.47. The Morgan fingerprint density at radius 3 is 2.21 bits per heavy atom. The van der Waals surface area contributed by atoms with E-state index in [0.717, 1.165) is 24.0 Å². The molecule has 1 aromatic carbocycles. The van der Waals surface area contributed by atoms with Gasteiger partial charge in [0, 0.05) is 38.3 Å². The summed E-state index contributed by atoms with van der Waals surface area (Å²) in [6, 6.07) is 6.04. The standard InChI is InChI=1S/C21H33N3O3S/c1-16-8-9-20(17(2)14-16)28(26,27)23-12-10-22(11-13-23)15-21(25)24-18(3)6-5-7-19(24)4/h8-9,14,18-19H,5-7,10-13,15H2,1-4H3/t18-,19-/m1/s1. The van der Waals surface area contributed by atoms with Crippen molar-refractivity contribution >= 4 is 15.9 Å². The van der Waals surface area contributed by atoms with Gasteiger partial charge >= 0.3 is 0 Å². The molecule has 2 fully saturated rings. The third kappa shape index (κ3) is 4.42. The third-order valence-corrected chi connectivity index (χ3v) is 8.18. The molecule has 28 heavy (non-hydrogen) atoms. The second-order valence-electron chi connectivity index (χ2n) is 8.38. The van der Waals surface area contributed by atoms with Crippen LogP contribution >= 0.6 is 0 Å². The van der Waals surface area contributed by atoms with Gasteiger partial charge in [-0.1, -0.05) is 17.7 Å². The van der Waals surface area contributed by atoms with Gasteiger partial charge < -0.3 is 4.90 Å². The van der Waals surface area contributed by atoms with Crippen LogP contribution in [0.3, 0.4) is 0 Å². The molecule has 0 radical (unpaired) electrons. The monoisotopic (exact) mass is 407 g/mol. The molecular formula is C21H33N3O3S. The van der Waals surface area contributed by atoms with Gasteiger partial charge in [-0.15, -0.1) is 0 Å². The molecule has 156 valence electrons. The number of carbonyl (C=O) groups is 1. The van der Waals surface area contributed by atoms with Crippen molar-refractivity contribution in [1.82, 2.24) is 14.1 Å². The van der Waals surface area contributed by atoms with Crippen LogP contribution in [-0.4, -0.2) is 73.2 Å². The van der Waals surface area contributed by atoms with E-state index in [1.807, 2.05) is 30.9 Å². The Labute approximate surface area is 169 Å². The van der Waals surface area contributed by atoms with E-state index < -0.39 is 10.0 Å². The van der Waals surface area contributed by atoms with Gasteiger partial charge in [-0.25, -0.2) is 8.42 Å².